The second-order valence-corrected chi connectivity index (χ2v) is 5.96. The van der Waals surface area contributed by atoms with E-state index in [0.717, 1.165) is 32.0 Å². The molecule has 4 heteroatoms. The van der Waals surface area contributed by atoms with Crippen molar-refractivity contribution in [2.75, 3.05) is 38.1 Å². The van der Waals surface area contributed by atoms with E-state index >= 15 is 0 Å². The molecule has 1 aromatic heterocycles. The van der Waals surface area contributed by atoms with Crippen LogP contribution in [0.4, 0.5) is 5.82 Å². The van der Waals surface area contributed by atoms with Crippen molar-refractivity contribution < 1.29 is 0 Å². The quantitative estimate of drug-likeness (QED) is 0.735. The highest BCUT2D eigenvalue weighted by Gasteiger charge is 2.15. The van der Waals surface area contributed by atoms with Crippen molar-refractivity contribution in [3.8, 4) is 0 Å². The van der Waals surface area contributed by atoms with Gasteiger partial charge in [-0.05, 0) is 47.2 Å². The van der Waals surface area contributed by atoms with Crippen LogP contribution in [0.3, 0.4) is 0 Å². The number of fused-ring (bicyclic) bond motifs is 1. The van der Waals surface area contributed by atoms with Crippen molar-refractivity contribution in [3.05, 3.63) is 34.0 Å². The highest BCUT2D eigenvalue weighted by Crippen LogP contribution is 2.23. The van der Waals surface area contributed by atoms with Crippen molar-refractivity contribution in [1.29, 1.82) is 0 Å². The van der Waals surface area contributed by atoms with Gasteiger partial charge in [-0.2, -0.15) is 0 Å². The molecule has 2 aromatic rings. The molecule has 3 rings (SSSR count). The molecule has 0 atom stereocenters. The second-order valence-electron chi connectivity index (χ2n) is 4.79. The lowest BCUT2D eigenvalue weighted by Crippen LogP contribution is -2.44. The van der Waals surface area contributed by atoms with Crippen LogP contribution in [0.1, 0.15) is 0 Å². The molecule has 1 aliphatic heterocycles. The van der Waals surface area contributed by atoms with Crippen LogP contribution in [0.5, 0.6) is 0 Å². The van der Waals surface area contributed by atoms with Crippen LogP contribution in [0.2, 0.25) is 0 Å². The first-order valence-electron chi connectivity index (χ1n) is 6.22. The fourth-order valence-corrected chi connectivity index (χ4v) is 2.99. The third-order valence-electron chi connectivity index (χ3n) is 3.52. The molecule has 1 aromatic carbocycles. The highest BCUT2D eigenvalue weighted by molar-refractivity contribution is 14.1. The molecule has 0 unspecified atom stereocenters. The van der Waals surface area contributed by atoms with E-state index in [4.69, 9.17) is 0 Å². The average Bonchev–Trinajstić information content (AvgIpc) is 2.39. The van der Waals surface area contributed by atoms with Gasteiger partial charge in [0, 0.05) is 41.3 Å². The van der Waals surface area contributed by atoms with Crippen molar-refractivity contribution in [2.24, 2.45) is 0 Å². The maximum atomic E-state index is 4.62. The summed E-state index contributed by atoms with van der Waals surface area (Å²) in [5, 5.41) is 2.53. The van der Waals surface area contributed by atoms with Gasteiger partial charge in [-0.1, -0.05) is 12.1 Å². The molecular formula is C14H16IN3. The zero-order chi connectivity index (χ0) is 12.5. The van der Waals surface area contributed by atoms with Gasteiger partial charge in [0.05, 0.1) is 0 Å². The summed E-state index contributed by atoms with van der Waals surface area (Å²) in [4.78, 5) is 9.35. The van der Waals surface area contributed by atoms with Crippen LogP contribution in [0, 0.1) is 3.57 Å². The summed E-state index contributed by atoms with van der Waals surface area (Å²) >= 11 is 2.37. The smallest absolute Gasteiger partial charge is 0.129 e. The van der Waals surface area contributed by atoms with Gasteiger partial charge in [0.25, 0.3) is 0 Å². The summed E-state index contributed by atoms with van der Waals surface area (Å²) in [6.07, 6.45) is 2.00. The van der Waals surface area contributed by atoms with Crippen molar-refractivity contribution in [3.63, 3.8) is 0 Å². The van der Waals surface area contributed by atoms with Gasteiger partial charge in [-0.25, -0.2) is 4.98 Å². The molecule has 1 saturated heterocycles. The van der Waals surface area contributed by atoms with Crippen LogP contribution in [-0.4, -0.2) is 43.1 Å². The highest BCUT2D eigenvalue weighted by atomic mass is 127. The van der Waals surface area contributed by atoms with E-state index in [2.05, 4.69) is 68.7 Å². The monoisotopic (exact) mass is 353 g/mol. The number of halogens is 1. The predicted molar refractivity (Wildman–Crippen MR) is 84.2 cm³/mol. The third kappa shape index (κ3) is 2.31. The Morgan fingerprint density at radius 2 is 1.94 bits per heavy atom. The van der Waals surface area contributed by atoms with Gasteiger partial charge >= 0.3 is 0 Å². The van der Waals surface area contributed by atoms with Crippen molar-refractivity contribution in [2.45, 2.75) is 0 Å². The van der Waals surface area contributed by atoms with E-state index in [0.29, 0.717) is 0 Å². The molecule has 3 nitrogen and oxygen atoms in total. The normalized spacial score (nSPS) is 17.3. The molecule has 94 valence electrons. The van der Waals surface area contributed by atoms with Crippen molar-refractivity contribution >= 4 is 39.2 Å². The molecule has 0 bridgehead atoms. The summed E-state index contributed by atoms with van der Waals surface area (Å²) in [6, 6.07) is 8.61. The minimum Gasteiger partial charge on any atom is -0.354 e. The molecule has 2 heterocycles. The molecule has 0 N–H and O–H groups in total. The third-order valence-corrected chi connectivity index (χ3v) is 4.47. The Kier molecular flexibility index (Phi) is 3.39. The number of pyridine rings is 1. The summed E-state index contributed by atoms with van der Waals surface area (Å²) in [5.41, 5.74) is 0. The molecule has 1 fully saturated rings. The fraction of sp³-hybridized carbons (Fsp3) is 0.357. The Bertz CT molecular complexity index is 562. The van der Waals surface area contributed by atoms with Crippen molar-refractivity contribution in [1.82, 2.24) is 9.88 Å². The van der Waals surface area contributed by atoms with Gasteiger partial charge in [-0.15, -0.1) is 0 Å². The zero-order valence-electron chi connectivity index (χ0n) is 10.4. The molecule has 18 heavy (non-hydrogen) atoms. The number of aromatic nitrogens is 1. The lowest BCUT2D eigenvalue weighted by molar-refractivity contribution is 0.312. The van der Waals surface area contributed by atoms with Crippen LogP contribution >= 0.6 is 22.6 Å². The Morgan fingerprint density at radius 3 is 2.72 bits per heavy atom. The summed E-state index contributed by atoms with van der Waals surface area (Å²) in [7, 11) is 2.17. The van der Waals surface area contributed by atoms with E-state index in [9.17, 15) is 0 Å². The molecular weight excluding hydrogens is 337 g/mol. The van der Waals surface area contributed by atoms with Crippen LogP contribution in [0.15, 0.2) is 30.5 Å². The number of rotatable bonds is 1. The van der Waals surface area contributed by atoms with E-state index in [1.54, 1.807) is 0 Å². The standard InChI is InChI=1S/C14H16IN3/c1-17-5-7-18(8-6-17)14-9-11-3-2-4-13(15)12(11)10-16-14/h2-4,9-10H,5-8H2,1H3. The van der Waals surface area contributed by atoms with Gasteiger partial charge in [0.2, 0.25) is 0 Å². The van der Waals surface area contributed by atoms with Crippen LogP contribution in [0.25, 0.3) is 10.8 Å². The first-order chi connectivity index (χ1) is 8.74. The molecule has 0 saturated carbocycles. The van der Waals surface area contributed by atoms with Gasteiger partial charge in [-0.3, -0.25) is 0 Å². The first kappa shape index (κ1) is 12.2. The maximum absolute atomic E-state index is 4.62. The Balaban J connectivity index is 1.94. The molecule has 0 radical (unpaired) electrons. The van der Waals surface area contributed by atoms with Crippen LogP contribution in [-0.2, 0) is 0 Å². The topological polar surface area (TPSA) is 19.4 Å². The number of hydrogen-bond donors (Lipinski definition) is 0. The summed E-state index contributed by atoms with van der Waals surface area (Å²) < 4.78 is 1.27. The molecule has 0 spiro atoms. The van der Waals surface area contributed by atoms with Crippen LogP contribution < -0.4 is 4.90 Å². The SMILES string of the molecule is CN1CCN(c2cc3cccc(I)c3cn2)CC1. The Labute approximate surface area is 121 Å². The van der Waals surface area contributed by atoms with E-state index in [1.807, 2.05) is 6.20 Å². The summed E-state index contributed by atoms with van der Waals surface area (Å²) in [6.45, 7) is 4.37. The minimum atomic E-state index is 1.07. The lowest BCUT2D eigenvalue weighted by atomic mass is 10.2. The Hall–Kier alpha value is -0.880. The number of hydrogen-bond acceptors (Lipinski definition) is 3. The average molecular weight is 353 g/mol. The van der Waals surface area contributed by atoms with Gasteiger partial charge in [0.15, 0.2) is 0 Å². The van der Waals surface area contributed by atoms with Gasteiger partial charge < -0.3 is 9.80 Å². The molecule has 1 aliphatic rings. The van der Waals surface area contributed by atoms with E-state index in [1.165, 1.54) is 14.3 Å². The summed E-state index contributed by atoms with van der Waals surface area (Å²) in [5.74, 6) is 1.11. The number of benzene rings is 1. The minimum absolute atomic E-state index is 1.07. The first-order valence-corrected chi connectivity index (χ1v) is 7.30. The second kappa shape index (κ2) is 5.01. The lowest BCUT2D eigenvalue weighted by Gasteiger charge is -2.33. The Morgan fingerprint density at radius 1 is 1.17 bits per heavy atom. The zero-order valence-corrected chi connectivity index (χ0v) is 12.6. The predicted octanol–water partition coefficient (Wildman–Crippen LogP) is 2.59. The number of likely N-dealkylation sites (N-methyl/N-ethyl adjacent to an activating group) is 1. The van der Waals surface area contributed by atoms with E-state index < -0.39 is 0 Å². The largest absolute Gasteiger partial charge is 0.354 e. The molecule has 0 aliphatic carbocycles. The molecule has 0 amide bonds. The fourth-order valence-electron chi connectivity index (χ4n) is 2.33. The number of anilines is 1. The number of piperazine rings is 1. The maximum Gasteiger partial charge on any atom is 0.129 e. The number of nitrogens with zero attached hydrogens (tertiary/aromatic N) is 3. The van der Waals surface area contributed by atoms with E-state index in [-0.39, 0.29) is 0 Å². The van der Waals surface area contributed by atoms with Gasteiger partial charge in [0.1, 0.15) is 5.82 Å².